The molecule has 0 amide bonds. The molecule has 0 spiro atoms. The topological polar surface area (TPSA) is 55.9 Å². The number of para-hydroxylation sites is 1. The Labute approximate surface area is 121 Å². The Morgan fingerprint density at radius 2 is 1.90 bits per heavy atom. The Morgan fingerprint density at radius 1 is 1.20 bits per heavy atom. The van der Waals surface area contributed by atoms with Gasteiger partial charge in [-0.2, -0.15) is 5.10 Å². The molecule has 0 aliphatic heterocycles. The molecular formula is C16H24N4. The molecule has 108 valence electrons. The number of nitrogens with one attached hydrogen (secondary N) is 1. The highest BCUT2D eigenvalue weighted by Gasteiger charge is 2.24. The highest BCUT2D eigenvalue weighted by molar-refractivity contribution is 5.53. The van der Waals surface area contributed by atoms with Crippen molar-refractivity contribution in [2.45, 2.75) is 32.6 Å². The van der Waals surface area contributed by atoms with Crippen LogP contribution in [-0.2, 0) is 5.41 Å². The van der Waals surface area contributed by atoms with E-state index < -0.39 is 0 Å². The smallest absolute Gasteiger partial charge is 0.0769 e. The fraction of sp³-hybridized carbons (Fsp3) is 0.438. The third kappa shape index (κ3) is 3.20. The molecule has 0 bridgehead atoms. The van der Waals surface area contributed by atoms with E-state index in [1.54, 1.807) is 0 Å². The van der Waals surface area contributed by atoms with Crippen molar-refractivity contribution < 1.29 is 0 Å². The van der Waals surface area contributed by atoms with Gasteiger partial charge in [0.25, 0.3) is 0 Å². The van der Waals surface area contributed by atoms with Crippen LogP contribution in [0.2, 0.25) is 0 Å². The van der Waals surface area contributed by atoms with E-state index in [0.29, 0.717) is 6.54 Å². The van der Waals surface area contributed by atoms with E-state index in [0.717, 1.165) is 24.3 Å². The fourth-order valence-corrected chi connectivity index (χ4v) is 2.29. The Hall–Kier alpha value is -1.81. The normalized spacial score (nSPS) is 11.6. The Kier molecular flexibility index (Phi) is 4.45. The predicted molar refractivity (Wildman–Crippen MR) is 84.4 cm³/mol. The number of rotatable bonds is 5. The van der Waals surface area contributed by atoms with Gasteiger partial charge in [0.05, 0.1) is 23.3 Å². The fourth-order valence-electron chi connectivity index (χ4n) is 2.29. The third-order valence-electron chi connectivity index (χ3n) is 3.18. The molecule has 3 N–H and O–H groups in total. The van der Waals surface area contributed by atoms with Crippen molar-refractivity contribution in [3.8, 4) is 5.69 Å². The number of hydrogen-bond donors (Lipinski definition) is 2. The number of hydrogen-bond acceptors (Lipinski definition) is 3. The first-order chi connectivity index (χ1) is 9.54. The van der Waals surface area contributed by atoms with E-state index in [9.17, 15) is 0 Å². The van der Waals surface area contributed by atoms with Crippen molar-refractivity contribution in [1.29, 1.82) is 0 Å². The van der Waals surface area contributed by atoms with Crippen LogP contribution in [0.1, 0.15) is 32.9 Å². The molecule has 1 heterocycles. The van der Waals surface area contributed by atoms with Gasteiger partial charge in [-0.3, -0.25) is 0 Å². The molecule has 4 nitrogen and oxygen atoms in total. The van der Waals surface area contributed by atoms with Crippen LogP contribution in [0.5, 0.6) is 0 Å². The largest absolute Gasteiger partial charge is 0.382 e. The van der Waals surface area contributed by atoms with E-state index in [-0.39, 0.29) is 5.41 Å². The van der Waals surface area contributed by atoms with Crippen LogP contribution in [-0.4, -0.2) is 22.9 Å². The standard InChI is InChI=1S/C16H24N4/c1-16(2,3)15-14(18-11-7-10-17)12-19-20(15)13-8-5-4-6-9-13/h4-6,8-9,12,18H,7,10-11,17H2,1-3H3. The number of nitrogens with two attached hydrogens (primary N) is 1. The van der Waals surface area contributed by atoms with Gasteiger partial charge in [-0.25, -0.2) is 4.68 Å². The van der Waals surface area contributed by atoms with Crippen molar-refractivity contribution in [2.24, 2.45) is 5.73 Å². The Bertz CT molecular complexity index is 537. The first-order valence-corrected chi connectivity index (χ1v) is 7.12. The molecule has 0 fully saturated rings. The van der Waals surface area contributed by atoms with Gasteiger partial charge in [0.1, 0.15) is 0 Å². The summed E-state index contributed by atoms with van der Waals surface area (Å²) in [6, 6.07) is 10.2. The minimum Gasteiger partial charge on any atom is -0.382 e. The van der Waals surface area contributed by atoms with E-state index in [1.807, 2.05) is 29.1 Å². The highest BCUT2D eigenvalue weighted by Crippen LogP contribution is 2.31. The summed E-state index contributed by atoms with van der Waals surface area (Å²) < 4.78 is 2.02. The summed E-state index contributed by atoms with van der Waals surface area (Å²) in [5.41, 5.74) is 8.94. The summed E-state index contributed by atoms with van der Waals surface area (Å²) >= 11 is 0. The lowest BCUT2D eigenvalue weighted by Gasteiger charge is -2.23. The summed E-state index contributed by atoms with van der Waals surface area (Å²) in [5.74, 6) is 0. The minimum absolute atomic E-state index is 0.0113. The predicted octanol–water partition coefficient (Wildman–Crippen LogP) is 2.93. The molecule has 0 unspecified atom stereocenters. The van der Waals surface area contributed by atoms with Gasteiger partial charge in [0, 0.05) is 12.0 Å². The third-order valence-corrected chi connectivity index (χ3v) is 3.18. The van der Waals surface area contributed by atoms with E-state index in [4.69, 9.17) is 5.73 Å². The lowest BCUT2D eigenvalue weighted by Crippen LogP contribution is -2.20. The Morgan fingerprint density at radius 3 is 2.50 bits per heavy atom. The van der Waals surface area contributed by atoms with E-state index in [2.05, 4.69) is 43.3 Å². The molecule has 0 atom stereocenters. The van der Waals surface area contributed by atoms with Crippen LogP contribution in [0.25, 0.3) is 5.69 Å². The van der Waals surface area contributed by atoms with E-state index >= 15 is 0 Å². The summed E-state index contributed by atoms with van der Waals surface area (Å²) in [4.78, 5) is 0. The zero-order valence-corrected chi connectivity index (χ0v) is 12.6. The molecule has 0 aliphatic carbocycles. The molecular weight excluding hydrogens is 248 g/mol. The molecule has 0 saturated heterocycles. The van der Waals surface area contributed by atoms with Crippen molar-refractivity contribution in [3.05, 3.63) is 42.2 Å². The van der Waals surface area contributed by atoms with Gasteiger partial charge in [0.2, 0.25) is 0 Å². The summed E-state index contributed by atoms with van der Waals surface area (Å²) in [5, 5.41) is 8.00. The van der Waals surface area contributed by atoms with Gasteiger partial charge in [-0.05, 0) is 25.1 Å². The number of nitrogens with zero attached hydrogens (tertiary/aromatic N) is 2. The monoisotopic (exact) mass is 272 g/mol. The second-order valence-electron chi connectivity index (χ2n) is 5.97. The summed E-state index contributed by atoms with van der Waals surface area (Å²) in [6.45, 7) is 8.19. The number of aromatic nitrogens is 2. The van der Waals surface area contributed by atoms with Crippen molar-refractivity contribution in [3.63, 3.8) is 0 Å². The van der Waals surface area contributed by atoms with Crippen LogP contribution in [0.15, 0.2) is 36.5 Å². The van der Waals surface area contributed by atoms with Gasteiger partial charge >= 0.3 is 0 Å². The van der Waals surface area contributed by atoms with E-state index in [1.165, 1.54) is 5.69 Å². The number of benzene rings is 1. The molecule has 0 saturated carbocycles. The van der Waals surface area contributed by atoms with Crippen LogP contribution < -0.4 is 11.1 Å². The molecule has 0 radical (unpaired) electrons. The maximum atomic E-state index is 5.55. The zero-order valence-electron chi connectivity index (χ0n) is 12.6. The lowest BCUT2D eigenvalue weighted by molar-refractivity contribution is 0.545. The van der Waals surface area contributed by atoms with Crippen LogP contribution in [0, 0.1) is 0 Å². The first kappa shape index (κ1) is 14.6. The van der Waals surface area contributed by atoms with Gasteiger partial charge in [-0.1, -0.05) is 39.0 Å². The minimum atomic E-state index is 0.0113. The van der Waals surface area contributed by atoms with Crippen LogP contribution >= 0.6 is 0 Å². The summed E-state index contributed by atoms with van der Waals surface area (Å²) in [7, 11) is 0. The SMILES string of the molecule is CC(C)(C)c1c(NCCCN)cnn1-c1ccccc1. The quantitative estimate of drug-likeness (QED) is 0.823. The molecule has 2 rings (SSSR count). The lowest BCUT2D eigenvalue weighted by atomic mass is 9.91. The zero-order chi connectivity index (χ0) is 14.6. The van der Waals surface area contributed by atoms with Gasteiger partial charge in [-0.15, -0.1) is 0 Å². The van der Waals surface area contributed by atoms with Crippen molar-refractivity contribution >= 4 is 5.69 Å². The first-order valence-electron chi connectivity index (χ1n) is 7.12. The van der Waals surface area contributed by atoms with Crippen molar-refractivity contribution in [2.75, 3.05) is 18.4 Å². The maximum Gasteiger partial charge on any atom is 0.0769 e. The second-order valence-corrected chi connectivity index (χ2v) is 5.97. The molecule has 0 aliphatic rings. The van der Waals surface area contributed by atoms with Gasteiger partial charge in [0.15, 0.2) is 0 Å². The summed E-state index contributed by atoms with van der Waals surface area (Å²) in [6.07, 6.45) is 2.87. The van der Waals surface area contributed by atoms with Crippen molar-refractivity contribution in [1.82, 2.24) is 9.78 Å². The average Bonchev–Trinajstić information content (AvgIpc) is 2.84. The van der Waals surface area contributed by atoms with Crippen LogP contribution in [0.3, 0.4) is 0 Å². The second kappa shape index (κ2) is 6.09. The molecule has 1 aromatic carbocycles. The van der Waals surface area contributed by atoms with Crippen LogP contribution in [0.4, 0.5) is 5.69 Å². The highest BCUT2D eigenvalue weighted by atomic mass is 15.3. The molecule has 20 heavy (non-hydrogen) atoms. The average molecular weight is 272 g/mol. The molecule has 2 aromatic rings. The molecule has 1 aromatic heterocycles. The van der Waals surface area contributed by atoms with Gasteiger partial charge < -0.3 is 11.1 Å². The molecule has 4 heteroatoms. The Balaban J connectivity index is 2.38. The maximum absolute atomic E-state index is 5.55. The number of anilines is 1.